The van der Waals surface area contributed by atoms with E-state index in [0.29, 0.717) is 18.9 Å². The first-order valence-corrected chi connectivity index (χ1v) is 12.4. The fraction of sp³-hybridized carbons (Fsp3) is 0.241. The second-order valence-electron chi connectivity index (χ2n) is 8.93. The number of hydrogen-bond donors (Lipinski definition) is 0. The number of amides is 1. The number of pyridine rings is 1. The van der Waals surface area contributed by atoms with Crippen molar-refractivity contribution in [2.75, 3.05) is 37.7 Å². The molecule has 37 heavy (non-hydrogen) atoms. The number of rotatable bonds is 6. The van der Waals surface area contributed by atoms with Gasteiger partial charge in [-0.2, -0.15) is 5.10 Å². The molecule has 1 aliphatic heterocycles. The van der Waals surface area contributed by atoms with Gasteiger partial charge in [0.05, 0.1) is 12.3 Å². The van der Waals surface area contributed by atoms with Crippen LogP contribution < -0.4 is 4.90 Å². The average Bonchev–Trinajstić information content (AvgIpc) is 3.39. The molecule has 1 fully saturated rings. The summed E-state index contributed by atoms with van der Waals surface area (Å²) in [6.07, 6.45) is 1.69. The molecule has 0 saturated carbocycles. The molecule has 0 radical (unpaired) electrons. The van der Waals surface area contributed by atoms with Gasteiger partial charge in [-0.05, 0) is 56.3 Å². The smallest absolute Gasteiger partial charge is 0.358 e. The van der Waals surface area contributed by atoms with Crippen LogP contribution >= 0.6 is 0 Å². The Bertz CT molecular complexity index is 1390. The van der Waals surface area contributed by atoms with E-state index in [0.717, 1.165) is 41.2 Å². The number of nitrogens with zero attached hydrogens (tertiary/aromatic N) is 5. The van der Waals surface area contributed by atoms with Gasteiger partial charge in [0.2, 0.25) is 0 Å². The van der Waals surface area contributed by atoms with Crippen LogP contribution in [-0.4, -0.2) is 64.3 Å². The van der Waals surface area contributed by atoms with Gasteiger partial charge in [0.1, 0.15) is 0 Å². The third-order valence-electron chi connectivity index (χ3n) is 6.42. The highest BCUT2D eigenvalue weighted by Gasteiger charge is 2.23. The maximum atomic E-state index is 12.9. The molecule has 0 bridgehead atoms. The van der Waals surface area contributed by atoms with Gasteiger partial charge in [-0.3, -0.25) is 4.79 Å². The Morgan fingerprint density at radius 1 is 0.919 bits per heavy atom. The summed E-state index contributed by atoms with van der Waals surface area (Å²) in [4.78, 5) is 33.9. The van der Waals surface area contributed by atoms with Crippen LogP contribution in [0.5, 0.6) is 0 Å². The molecule has 8 heteroatoms. The molecule has 3 heterocycles. The van der Waals surface area contributed by atoms with E-state index >= 15 is 0 Å². The molecular formula is C29H29N5O3. The zero-order chi connectivity index (χ0) is 25.8. The van der Waals surface area contributed by atoms with Gasteiger partial charge in [-0.1, -0.05) is 35.9 Å². The molecule has 1 saturated heterocycles. The molecule has 0 unspecified atom stereocenters. The Hall–Kier alpha value is -4.46. The predicted octanol–water partition coefficient (Wildman–Crippen LogP) is 4.38. The van der Waals surface area contributed by atoms with Crippen molar-refractivity contribution in [2.24, 2.45) is 0 Å². The molecule has 0 atom stereocenters. The van der Waals surface area contributed by atoms with Crippen LogP contribution in [0.4, 0.5) is 5.69 Å². The van der Waals surface area contributed by atoms with Crippen LogP contribution in [0, 0.1) is 6.92 Å². The molecule has 2 aromatic carbocycles. The minimum Gasteiger partial charge on any atom is -0.461 e. The van der Waals surface area contributed by atoms with E-state index in [1.54, 1.807) is 23.9 Å². The van der Waals surface area contributed by atoms with E-state index in [1.165, 1.54) is 0 Å². The molecule has 2 aromatic heterocycles. The first-order chi connectivity index (χ1) is 18.0. The zero-order valence-electron chi connectivity index (χ0n) is 21.0. The Kier molecular flexibility index (Phi) is 6.98. The maximum Gasteiger partial charge on any atom is 0.358 e. The molecular weight excluding hydrogens is 466 g/mol. The topological polar surface area (TPSA) is 80.6 Å². The van der Waals surface area contributed by atoms with Crippen LogP contribution in [0.1, 0.15) is 33.3 Å². The molecule has 0 aliphatic carbocycles. The lowest BCUT2D eigenvalue weighted by atomic mass is 10.1. The fourth-order valence-electron chi connectivity index (χ4n) is 4.52. The second-order valence-corrected chi connectivity index (χ2v) is 8.93. The minimum atomic E-state index is -0.465. The number of carbonyl (C=O) groups is 2. The third-order valence-corrected chi connectivity index (χ3v) is 6.42. The average molecular weight is 496 g/mol. The Balaban J connectivity index is 1.32. The van der Waals surface area contributed by atoms with Crippen molar-refractivity contribution in [3.8, 4) is 17.1 Å². The van der Waals surface area contributed by atoms with E-state index in [4.69, 9.17) is 4.74 Å². The van der Waals surface area contributed by atoms with Gasteiger partial charge < -0.3 is 14.5 Å². The number of piperazine rings is 1. The number of aromatic nitrogens is 3. The molecule has 4 aromatic rings. The summed E-state index contributed by atoms with van der Waals surface area (Å²) < 4.78 is 6.82. The summed E-state index contributed by atoms with van der Waals surface area (Å²) in [5.74, 6) is 0.235. The fourth-order valence-corrected chi connectivity index (χ4v) is 4.52. The lowest BCUT2D eigenvalue weighted by Crippen LogP contribution is -2.48. The lowest BCUT2D eigenvalue weighted by molar-refractivity contribution is 0.0518. The first-order valence-electron chi connectivity index (χ1n) is 12.4. The van der Waals surface area contributed by atoms with Crippen molar-refractivity contribution in [3.63, 3.8) is 0 Å². The van der Waals surface area contributed by atoms with Gasteiger partial charge in [-0.15, -0.1) is 0 Å². The number of esters is 1. The standard InChI is InChI=1S/C29H29N5O3/c1-3-37-29(36)25-20-26(34(31-25)27-9-4-5-14-30-27)22-10-12-24(13-11-22)32-15-17-33(18-16-32)28(35)23-8-6-7-21(2)19-23/h4-14,19-20H,3,15-18H2,1-2H3. The molecule has 0 N–H and O–H groups in total. The first kappa shape index (κ1) is 24.2. The number of hydrogen-bond acceptors (Lipinski definition) is 6. The van der Waals surface area contributed by atoms with E-state index in [2.05, 4.69) is 27.1 Å². The highest BCUT2D eigenvalue weighted by Crippen LogP contribution is 2.27. The summed E-state index contributed by atoms with van der Waals surface area (Å²) in [6.45, 7) is 6.91. The molecule has 0 spiro atoms. The largest absolute Gasteiger partial charge is 0.461 e. The number of benzene rings is 2. The lowest BCUT2D eigenvalue weighted by Gasteiger charge is -2.36. The predicted molar refractivity (Wildman–Crippen MR) is 142 cm³/mol. The zero-order valence-corrected chi connectivity index (χ0v) is 21.0. The van der Waals surface area contributed by atoms with E-state index in [-0.39, 0.29) is 18.2 Å². The van der Waals surface area contributed by atoms with Crippen molar-refractivity contribution >= 4 is 17.6 Å². The maximum absolute atomic E-state index is 12.9. The summed E-state index contributed by atoms with van der Waals surface area (Å²) in [5.41, 5.74) is 4.81. The second kappa shape index (κ2) is 10.7. The van der Waals surface area contributed by atoms with E-state index in [9.17, 15) is 9.59 Å². The number of anilines is 1. The molecule has 1 aliphatic rings. The van der Waals surface area contributed by atoms with Crippen LogP contribution in [-0.2, 0) is 4.74 Å². The van der Waals surface area contributed by atoms with Crippen LogP contribution in [0.2, 0.25) is 0 Å². The van der Waals surface area contributed by atoms with E-state index in [1.807, 2.05) is 66.4 Å². The summed E-state index contributed by atoms with van der Waals surface area (Å²) in [5, 5.41) is 4.47. The monoisotopic (exact) mass is 495 g/mol. The number of carbonyl (C=O) groups excluding carboxylic acids is 2. The van der Waals surface area contributed by atoms with Gasteiger partial charge in [0.25, 0.3) is 5.91 Å². The van der Waals surface area contributed by atoms with E-state index < -0.39 is 5.97 Å². The summed E-state index contributed by atoms with van der Waals surface area (Å²) >= 11 is 0. The van der Waals surface area contributed by atoms with Crippen molar-refractivity contribution in [1.29, 1.82) is 0 Å². The van der Waals surface area contributed by atoms with Crippen molar-refractivity contribution in [2.45, 2.75) is 13.8 Å². The Morgan fingerprint density at radius 2 is 1.70 bits per heavy atom. The summed E-state index contributed by atoms with van der Waals surface area (Å²) in [6, 6.07) is 23.2. The molecule has 8 nitrogen and oxygen atoms in total. The van der Waals surface area contributed by atoms with Gasteiger partial charge in [-0.25, -0.2) is 14.5 Å². The van der Waals surface area contributed by atoms with Crippen LogP contribution in [0.3, 0.4) is 0 Å². The number of aryl methyl sites for hydroxylation is 1. The van der Waals surface area contributed by atoms with Crippen molar-refractivity contribution in [1.82, 2.24) is 19.7 Å². The Labute approximate surface area is 216 Å². The highest BCUT2D eigenvalue weighted by atomic mass is 16.5. The highest BCUT2D eigenvalue weighted by molar-refractivity contribution is 5.94. The summed E-state index contributed by atoms with van der Waals surface area (Å²) in [7, 11) is 0. The Morgan fingerprint density at radius 3 is 2.38 bits per heavy atom. The molecule has 5 rings (SSSR count). The van der Waals surface area contributed by atoms with Gasteiger partial charge in [0, 0.05) is 49.2 Å². The normalized spacial score (nSPS) is 13.5. The third kappa shape index (κ3) is 5.23. The molecule has 188 valence electrons. The SMILES string of the molecule is CCOC(=O)c1cc(-c2ccc(N3CCN(C(=O)c4cccc(C)c4)CC3)cc2)n(-c2ccccn2)n1. The van der Waals surface area contributed by atoms with Gasteiger partial charge >= 0.3 is 5.97 Å². The van der Waals surface area contributed by atoms with Gasteiger partial charge in [0.15, 0.2) is 11.5 Å². The quantitative estimate of drug-likeness (QED) is 0.369. The number of ether oxygens (including phenoxy) is 1. The van der Waals surface area contributed by atoms with Crippen molar-refractivity contribution < 1.29 is 14.3 Å². The molecule has 1 amide bonds. The van der Waals surface area contributed by atoms with Crippen LogP contribution in [0.15, 0.2) is 79.0 Å². The van der Waals surface area contributed by atoms with Crippen molar-refractivity contribution in [3.05, 3.63) is 95.8 Å². The van der Waals surface area contributed by atoms with Crippen LogP contribution in [0.25, 0.3) is 17.1 Å². The minimum absolute atomic E-state index is 0.0823.